The largest absolute Gasteiger partial charge is 0.492 e. The second-order valence-electron chi connectivity index (χ2n) is 4.62. The topological polar surface area (TPSA) is 98.9 Å². The Labute approximate surface area is 141 Å². The number of nitrogens with zero attached hydrogens (tertiary/aromatic N) is 1. The molecule has 1 aromatic rings. The van der Waals surface area contributed by atoms with Crippen LogP contribution in [-0.4, -0.2) is 51.3 Å². The first-order chi connectivity index (χ1) is 11.6. The van der Waals surface area contributed by atoms with E-state index in [9.17, 15) is 30.8 Å². The van der Waals surface area contributed by atoms with Crippen LogP contribution in [0.3, 0.4) is 0 Å². The van der Waals surface area contributed by atoms with Gasteiger partial charge in [0.05, 0.1) is 18.0 Å². The van der Waals surface area contributed by atoms with Gasteiger partial charge in [-0.1, -0.05) is 0 Å². The van der Waals surface area contributed by atoms with Crippen molar-refractivity contribution in [3.63, 3.8) is 0 Å². The van der Waals surface area contributed by atoms with E-state index in [4.69, 9.17) is 10.5 Å². The van der Waals surface area contributed by atoms with Gasteiger partial charge in [-0.3, -0.25) is 0 Å². The van der Waals surface area contributed by atoms with Crippen LogP contribution in [0.15, 0.2) is 29.2 Å². The average Bonchev–Trinajstić information content (AvgIpc) is 2.52. The van der Waals surface area contributed by atoms with Crippen molar-refractivity contribution in [1.29, 1.82) is 0 Å². The summed E-state index contributed by atoms with van der Waals surface area (Å²) in [5, 5.41) is 0. The third-order valence-electron chi connectivity index (χ3n) is 2.69. The number of ether oxygens (including phenoxy) is 1. The van der Waals surface area contributed by atoms with Gasteiger partial charge in [0.25, 0.3) is 10.0 Å². The molecular formula is C13H16F4N2O5S. The summed E-state index contributed by atoms with van der Waals surface area (Å²) in [7, 11) is -4.62. The van der Waals surface area contributed by atoms with E-state index < -0.39 is 39.4 Å². The predicted octanol–water partition coefficient (Wildman–Crippen LogP) is 1.20. The second-order valence-corrected chi connectivity index (χ2v) is 6.45. The highest BCUT2D eigenvalue weighted by Crippen LogP contribution is 2.22. The Hall–Kier alpha value is -1.76. The lowest BCUT2D eigenvalue weighted by Crippen LogP contribution is -2.39. The van der Waals surface area contributed by atoms with E-state index in [1.807, 2.05) is 0 Å². The van der Waals surface area contributed by atoms with Crippen LogP contribution in [0.25, 0.3) is 0 Å². The number of rotatable bonds is 9. The monoisotopic (exact) mass is 388 g/mol. The maximum atomic E-state index is 12.9. The first-order valence-electron chi connectivity index (χ1n) is 6.94. The highest BCUT2D eigenvalue weighted by Gasteiger charge is 2.44. The maximum Gasteiger partial charge on any atom is 0.492 e. The molecule has 0 fully saturated rings. The predicted molar refractivity (Wildman–Crippen MR) is 76.9 cm³/mol. The molecule has 0 radical (unpaired) electrons. The van der Waals surface area contributed by atoms with Crippen molar-refractivity contribution in [2.45, 2.75) is 17.5 Å². The summed E-state index contributed by atoms with van der Waals surface area (Å²) in [5.41, 5.74) is 5.19. The minimum absolute atomic E-state index is 0.0177. The van der Waals surface area contributed by atoms with Crippen molar-refractivity contribution in [1.82, 2.24) is 4.47 Å². The minimum Gasteiger partial charge on any atom is -0.380 e. The Morgan fingerprint density at radius 3 is 2.28 bits per heavy atom. The van der Waals surface area contributed by atoms with Gasteiger partial charge in [-0.2, -0.15) is 13.2 Å². The number of sulfonamides is 1. The Balaban J connectivity index is 2.95. The highest BCUT2D eigenvalue weighted by atomic mass is 32.2. The summed E-state index contributed by atoms with van der Waals surface area (Å²) in [4.78, 5) is 14.4. The molecule has 0 aromatic heterocycles. The summed E-state index contributed by atoms with van der Waals surface area (Å²) in [6, 6.07) is 3.29. The Bertz CT molecular complexity index is 664. The molecule has 0 bridgehead atoms. The molecule has 1 aromatic carbocycles. The van der Waals surface area contributed by atoms with Crippen molar-refractivity contribution in [3.05, 3.63) is 30.1 Å². The molecule has 25 heavy (non-hydrogen) atoms. The van der Waals surface area contributed by atoms with Crippen molar-refractivity contribution in [2.24, 2.45) is 5.73 Å². The van der Waals surface area contributed by atoms with Crippen LogP contribution >= 0.6 is 0 Å². The molecule has 2 N–H and O–H groups in total. The molecule has 142 valence electrons. The number of benzene rings is 1. The number of nitrogens with two attached hydrogens (primary N) is 1. The normalized spacial score (nSPS) is 12.4. The standard InChI is InChI=1S/C13H16F4N2O5S/c14-10-2-4-11(5-3-10)25(21,22)19(7-1-8-23-9-6-18)24-12(20)13(15,16)17/h2-5H,1,6-9,18H2. The first kappa shape index (κ1) is 21.3. The minimum atomic E-state index is -5.38. The van der Waals surface area contributed by atoms with Crippen LogP contribution in [0.1, 0.15) is 6.42 Å². The number of halogens is 4. The summed E-state index contributed by atoms with van der Waals surface area (Å²) in [6.07, 6.45) is -5.45. The van der Waals surface area contributed by atoms with Crippen LogP contribution in [-0.2, 0) is 24.4 Å². The Morgan fingerprint density at radius 1 is 1.16 bits per heavy atom. The Morgan fingerprint density at radius 2 is 1.76 bits per heavy atom. The molecule has 0 heterocycles. The maximum absolute atomic E-state index is 12.9. The van der Waals surface area contributed by atoms with E-state index in [1.165, 1.54) is 0 Å². The highest BCUT2D eigenvalue weighted by molar-refractivity contribution is 7.89. The third kappa shape index (κ3) is 6.57. The van der Waals surface area contributed by atoms with E-state index in [1.54, 1.807) is 0 Å². The Kier molecular flexibility index (Phi) is 7.73. The lowest BCUT2D eigenvalue weighted by Gasteiger charge is -2.21. The number of alkyl halides is 3. The molecule has 0 saturated heterocycles. The summed E-state index contributed by atoms with van der Waals surface area (Å²) >= 11 is 0. The molecule has 0 spiro atoms. The van der Waals surface area contributed by atoms with Gasteiger partial charge in [-0.15, -0.1) is 0 Å². The molecule has 0 atom stereocenters. The second kappa shape index (κ2) is 9.08. The molecule has 0 aliphatic rings. The fourth-order valence-corrected chi connectivity index (χ4v) is 2.81. The molecule has 0 saturated carbocycles. The van der Waals surface area contributed by atoms with Crippen LogP contribution < -0.4 is 5.73 Å². The van der Waals surface area contributed by atoms with Crippen molar-refractivity contribution in [3.8, 4) is 0 Å². The third-order valence-corrected chi connectivity index (χ3v) is 4.35. The summed E-state index contributed by atoms with van der Waals surface area (Å²) in [6.45, 7) is -0.226. The van der Waals surface area contributed by atoms with E-state index >= 15 is 0 Å². The van der Waals surface area contributed by atoms with Gasteiger partial charge >= 0.3 is 12.1 Å². The van der Waals surface area contributed by atoms with Gasteiger partial charge in [0.2, 0.25) is 0 Å². The van der Waals surface area contributed by atoms with Gasteiger partial charge in [-0.05, 0) is 35.2 Å². The smallest absolute Gasteiger partial charge is 0.380 e. The van der Waals surface area contributed by atoms with Crippen LogP contribution in [0.2, 0.25) is 0 Å². The number of carbonyl (C=O) groups is 1. The fraction of sp³-hybridized carbons (Fsp3) is 0.462. The summed E-state index contributed by atoms with van der Waals surface area (Å²) in [5.74, 6) is -3.44. The van der Waals surface area contributed by atoms with Crippen molar-refractivity contribution in [2.75, 3.05) is 26.3 Å². The number of hydrogen-bond acceptors (Lipinski definition) is 6. The molecule has 0 unspecified atom stereocenters. The quantitative estimate of drug-likeness (QED) is 0.388. The fourth-order valence-electron chi connectivity index (χ4n) is 1.56. The van der Waals surface area contributed by atoms with E-state index in [-0.39, 0.29) is 30.6 Å². The number of hydroxylamine groups is 1. The molecule has 0 amide bonds. The van der Waals surface area contributed by atoms with Gasteiger partial charge in [0.1, 0.15) is 5.82 Å². The molecular weight excluding hydrogens is 372 g/mol. The van der Waals surface area contributed by atoms with Crippen molar-refractivity contribution < 1.29 is 40.3 Å². The molecule has 7 nitrogen and oxygen atoms in total. The molecule has 12 heteroatoms. The van der Waals surface area contributed by atoms with E-state index in [0.717, 1.165) is 24.3 Å². The van der Waals surface area contributed by atoms with E-state index in [0.29, 0.717) is 0 Å². The molecule has 0 aliphatic heterocycles. The zero-order valence-electron chi connectivity index (χ0n) is 12.8. The average molecular weight is 388 g/mol. The summed E-state index contributed by atoms with van der Waals surface area (Å²) < 4.78 is 79.5. The SMILES string of the molecule is NCCOCCCN(OC(=O)C(F)(F)F)S(=O)(=O)c1ccc(F)cc1. The zero-order valence-corrected chi connectivity index (χ0v) is 13.6. The van der Waals surface area contributed by atoms with Gasteiger partial charge in [-0.25, -0.2) is 17.6 Å². The van der Waals surface area contributed by atoms with Gasteiger partial charge in [0.15, 0.2) is 0 Å². The zero-order chi connectivity index (χ0) is 19.1. The van der Waals surface area contributed by atoms with E-state index in [2.05, 4.69) is 4.84 Å². The van der Waals surface area contributed by atoms with Gasteiger partial charge in [0, 0.05) is 13.2 Å². The van der Waals surface area contributed by atoms with Crippen LogP contribution in [0.5, 0.6) is 0 Å². The van der Waals surface area contributed by atoms with Gasteiger partial charge < -0.3 is 15.3 Å². The van der Waals surface area contributed by atoms with Crippen LogP contribution in [0.4, 0.5) is 17.6 Å². The lowest BCUT2D eigenvalue weighted by atomic mass is 10.4. The van der Waals surface area contributed by atoms with Crippen LogP contribution in [0, 0.1) is 5.82 Å². The number of carbonyl (C=O) groups excluding carboxylic acids is 1. The molecule has 1 rings (SSSR count). The first-order valence-corrected chi connectivity index (χ1v) is 8.38. The van der Waals surface area contributed by atoms with Crippen molar-refractivity contribution >= 4 is 16.0 Å². The number of hydrogen-bond donors (Lipinski definition) is 1. The lowest BCUT2D eigenvalue weighted by molar-refractivity contribution is -0.222. The molecule has 0 aliphatic carbocycles.